The summed E-state index contributed by atoms with van der Waals surface area (Å²) in [7, 11) is 0. The van der Waals surface area contributed by atoms with Gasteiger partial charge in [0.15, 0.2) is 11.2 Å². The number of nitrogens with zero attached hydrogens (tertiary/aromatic N) is 2. The lowest BCUT2D eigenvalue weighted by Gasteiger charge is -1.82. The normalized spacial score (nSPS) is 10.5. The van der Waals surface area contributed by atoms with Gasteiger partial charge in [0.05, 0.1) is 6.33 Å². The smallest absolute Gasteiger partial charge is 0.267 e. The first-order valence-corrected chi connectivity index (χ1v) is 2.87. The monoisotopic (exact) mass is 152 g/mol. The van der Waals surface area contributed by atoms with E-state index < -0.39 is 0 Å². The number of rotatable bonds is 0. The molecule has 0 atom stereocenters. The Hall–Kier alpha value is -1.85. The lowest BCUT2D eigenvalue weighted by Crippen LogP contribution is -2.06. The van der Waals surface area contributed by atoms with Gasteiger partial charge in [0, 0.05) is 0 Å². The lowest BCUT2D eigenvalue weighted by molar-refractivity contribution is 0.452. The number of fused-ring (bicyclic) bond motifs is 1. The number of hydrogen-bond donors (Lipinski definition) is 2. The number of nitrogen functional groups attached to an aromatic ring is 1. The summed E-state index contributed by atoms with van der Waals surface area (Å²) in [6, 6.07) is 0. The van der Waals surface area contributed by atoms with Gasteiger partial charge in [0.1, 0.15) is 0 Å². The maximum atomic E-state index is 11.0. The summed E-state index contributed by atoms with van der Waals surface area (Å²) in [6.07, 6.45) is 1.23. The van der Waals surface area contributed by atoms with E-state index in [1.54, 1.807) is 0 Å². The van der Waals surface area contributed by atoms with Crippen LogP contribution in [0.5, 0.6) is 0 Å². The molecule has 2 heterocycles. The Bertz CT molecular complexity index is 443. The highest BCUT2D eigenvalue weighted by Crippen LogP contribution is 2.10. The topological polar surface area (TPSA) is 97.8 Å². The summed E-state index contributed by atoms with van der Waals surface area (Å²) in [5.74, 6) is 0.0642. The molecule has 0 aromatic carbocycles. The molecule has 3 N–H and O–H groups in total. The van der Waals surface area contributed by atoms with Gasteiger partial charge in [-0.15, -0.1) is 0 Å². The van der Waals surface area contributed by atoms with E-state index in [0.717, 1.165) is 0 Å². The van der Waals surface area contributed by atoms with Crippen LogP contribution < -0.4 is 11.3 Å². The zero-order valence-electron chi connectivity index (χ0n) is 5.37. The Labute approximate surface area is 60.0 Å². The molecule has 0 unspecified atom stereocenters. The molecule has 2 rings (SSSR count). The first-order valence-electron chi connectivity index (χ1n) is 2.87. The zero-order valence-corrected chi connectivity index (χ0v) is 5.37. The van der Waals surface area contributed by atoms with Crippen LogP contribution in [0.15, 0.2) is 15.6 Å². The number of aromatic amines is 1. The average Bonchev–Trinajstić information content (AvgIpc) is 2.34. The van der Waals surface area contributed by atoms with Crippen molar-refractivity contribution in [2.75, 3.05) is 5.73 Å². The van der Waals surface area contributed by atoms with Crippen LogP contribution in [0.25, 0.3) is 11.1 Å². The van der Waals surface area contributed by atoms with Gasteiger partial charge >= 0.3 is 0 Å². The summed E-state index contributed by atoms with van der Waals surface area (Å²) < 4.78 is 4.62. The van der Waals surface area contributed by atoms with Gasteiger partial charge in [-0.1, -0.05) is 5.16 Å². The van der Waals surface area contributed by atoms with E-state index in [1.807, 2.05) is 0 Å². The Morgan fingerprint density at radius 1 is 1.64 bits per heavy atom. The Morgan fingerprint density at radius 2 is 2.45 bits per heavy atom. The number of nitrogens with two attached hydrogens (primary N) is 1. The van der Waals surface area contributed by atoms with E-state index in [1.165, 1.54) is 6.33 Å². The van der Waals surface area contributed by atoms with Crippen molar-refractivity contribution in [3.05, 3.63) is 16.7 Å². The number of anilines is 1. The van der Waals surface area contributed by atoms with Crippen molar-refractivity contribution in [3.63, 3.8) is 0 Å². The average molecular weight is 152 g/mol. The van der Waals surface area contributed by atoms with E-state index in [9.17, 15) is 4.79 Å². The molecule has 2 aromatic rings. The van der Waals surface area contributed by atoms with Crippen LogP contribution in [0.3, 0.4) is 0 Å². The molecule has 0 radical (unpaired) electrons. The summed E-state index contributed by atoms with van der Waals surface area (Å²) in [4.78, 5) is 17.0. The molecular weight excluding hydrogens is 148 g/mol. The fourth-order valence-corrected chi connectivity index (χ4v) is 0.817. The number of nitrogens with one attached hydrogen (secondary N) is 1. The second-order valence-electron chi connectivity index (χ2n) is 1.98. The van der Waals surface area contributed by atoms with Crippen molar-refractivity contribution in [1.82, 2.24) is 15.1 Å². The van der Waals surface area contributed by atoms with Crippen molar-refractivity contribution in [3.8, 4) is 0 Å². The quantitative estimate of drug-likeness (QED) is 0.530. The fraction of sp³-hybridized carbons (Fsp3) is 0. The highest BCUT2D eigenvalue weighted by Gasteiger charge is 2.08. The molecule has 0 aliphatic heterocycles. The summed E-state index contributed by atoms with van der Waals surface area (Å²) in [5.41, 5.74) is 5.13. The molecule has 11 heavy (non-hydrogen) atoms. The van der Waals surface area contributed by atoms with Crippen LogP contribution in [0.2, 0.25) is 0 Å². The molecule has 0 spiro atoms. The predicted molar refractivity (Wildman–Crippen MR) is 36.8 cm³/mol. The third kappa shape index (κ3) is 0.689. The first-order chi connectivity index (χ1) is 5.29. The predicted octanol–water partition coefficient (Wildman–Crippen LogP) is -0.507. The number of hydrogen-bond acceptors (Lipinski definition) is 5. The maximum Gasteiger partial charge on any atom is 0.267 e. The minimum atomic E-state index is -0.339. The van der Waals surface area contributed by atoms with E-state index in [2.05, 4.69) is 19.6 Å². The molecular formula is C5H4N4O2. The third-order valence-electron chi connectivity index (χ3n) is 1.30. The second-order valence-corrected chi connectivity index (χ2v) is 1.98. The molecule has 6 nitrogen and oxygen atoms in total. The Morgan fingerprint density at radius 3 is 3.18 bits per heavy atom. The van der Waals surface area contributed by atoms with Gasteiger partial charge in [0.25, 0.3) is 11.3 Å². The molecule has 0 saturated carbocycles. The van der Waals surface area contributed by atoms with Crippen molar-refractivity contribution in [2.24, 2.45) is 0 Å². The summed E-state index contributed by atoms with van der Waals surface area (Å²) in [5, 5.41) is 3.58. The highest BCUT2D eigenvalue weighted by molar-refractivity contribution is 5.82. The molecule has 0 saturated heterocycles. The van der Waals surface area contributed by atoms with Gasteiger partial charge in [-0.25, -0.2) is 4.98 Å². The van der Waals surface area contributed by atoms with Gasteiger partial charge in [-0.2, -0.15) is 0 Å². The van der Waals surface area contributed by atoms with Gasteiger partial charge in [-0.05, 0) is 0 Å². The molecule has 2 aromatic heterocycles. The lowest BCUT2D eigenvalue weighted by atomic mass is 10.4. The van der Waals surface area contributed by atoms with Crippen LogP contribution in [0.1, 0.15) is 0 Å². The van der Waals surface area contributed by atoms with Crippen LogP contribution >= 0.6 is 0 Å². The molecule has 0 aliphatic carbocycles. The minimum Gasteiger partial charge on any atom is -0.380 e. The first kappa shape index (κ1) is 5.90. The van der Waals surface area contributed by atoms with Crippen molar-refractivity contribution >= 4 is 16.9 Å². The highest BCUT2D eigenvalue weighted by atomic mass is 16.5. The van der Waals surface area contributed by atoms with Crippen LogP contribution in [0.4, 0.5) is 5.82 Å². The Kier molecular flexibility index (Phi) is 0.974. The number of H-pyrrole nitrogens is 1. The van der Waals surface area contributed by atoms with Gasteiger partial charge < -0.3 is 15.2 Å². The van der Waals surface area contributed by atoms with Crippen molar-refractivity contribution in [2.45, 2.75) is 0 Å². The van der Waals surface area contributed by atoms with Crippen molar-refractivity contribution < 1.29 is 4.52 Å². The SMILES string of the molecule is Nc1noc2nc[nH]c(=O)c12. The van der Waals surface area contributed by atoms with Gasteiger partial charge in [0.2, 0.25) is 0 Å². The molecule has 0 fully saturated rings. The Balaban J connectivity index is 3.08. The summed E-state index contributed by atoms with van der Waals surface area (Å²) in [6.45, 7) is 0. The van der Waals surface area contributed by atoms with Crippen LogP contribution in [-0.4, -0.2) is 15.1 Å². The number of aromatic nitrogens is 3. The molecule has 0 bridgehead atoms. The molecule has 6 heteroatoms. The van der Waals surface area contributed by atoms with Crippen molar-refractivity contribution in [1.29, 1.82) is 0 Å². The van der Waals surface area contributed by atoms with E-state index in [4.69, 9.17) is 5.73 Å². The summed E-state index contributed by atoms with van der Waals surface area (Å²) >= 11 is 0. The van der Waals surface area contributed by atoms with E-state index >= 15 is 0 Å². The van der Waals surface area contributed by atoms with Gasteiger partial charge in [-0.3, -0.25) is 4.79 Å². The largest absolute Gasteiger partial charge is 0.380 e. The molecule has 0 aliphatic rings. The fourth-order valence-electron chi connectivity index (χ4n) is 0.817. The maximum absolute atomic E-state index is 11.0. The second kappa shape index (κ2) is 1.82. The van der Waals surface area contributed by atoms with E-state index in [0.29, 0.717) is 0 Å². The van der Waals surface area contributed by atoms with Crippen LogP contribution in [-0.2, 0) is 0 Å². The van der Waals surface area contributed by atoms with E-state index in [-0.39, 0.29) is 22.5 Å². The third-order valence-corrected chi connectivity index (χ3v) is 1.30. The standard InChI is InChI=1S/C5H4N4O2/c6-3-2-4(10)7-1-8-5(2)11-9-3/h1H,(H2,6,9)(H,7,8,10). The zero-order chi connectivity index (χ0) is 7.84. The molecule has 56 valence electrons. The molecule has 0 amide bonds. The van der Waals surface area contributed by atoms with Crippen LogP contribution in [0, 0.1) is 0 Å². The minimum absolute atomic E-state index is 0.0642.